The number of hydroxylamine groups is 2. The van der Waals surface area contributed by atoms with Crippen LogP contribution >= 0.6 is 0 Å². The lowest BCUT2D eigenvalue weighted by Crippen LogP contribution is -2.39. The summed E-state index contributed by atoms with van der Waals surface area (Å²) in [7, 11) is -4.30. The molecule has 10 nitrogen and oxygen atoms in total. The van der Waals surface area contributed by atoms with Gasteiger partial charge in [0.2, 0.25) is 0 Å². The minimum atomic E-state index is -4.30. The quantitative estimate of drug-likeness (QED) is 0.112. The SMILES string of the molecule is CCN1c2ccc(S(=O)(=O)O)cc2C(C)(C)C1/C=C/C=C/C=C1/N(CCCCCC(=O)ON2C(=O)CCC2=O)c2ccc(C)cc2C1(C)C. The molecule has 0 spiro atoms. The van der Waals surface area contributed by atoms with E-state index in [0.717, 1.165) is 37.2 Å². The summed E-state index contributed by atoms with van der Waals surface area (Å²) in [6.07, 6.45) is 12.9. The molecule has 11 heteroatoms. The zero-order valence-electron chi connectivity index (χ0n) is 29.2. The van der Waals surface area contributed by atoms with Crippen LogP contribution in [-0.4, -0.2) is 54.9 Å². The van der Waals surface area contributed by atoms with Crippen LogP contribution in [0.15, 0.2) is 77.4 Å². The number of likely N-dealkylation sites (N-methyl/N-ethyl adjacent to an activating group) is 1. The Labute approximate surface area is 289 Å². The summed E-state index contributed by atoms with van der Waals surface area (Å²) < 4.78 is 33.3. The summed E-state index contributed by atoms with van der Waals surface area (Å²) in [5.74, 6) is -1.51. The van der Waals surface area contributed by atoms with E-state index in [1.54, 1.807) is 12.1 Å². The van der Waals surface area contributed by atoms with Crippen molar-refractivity contribution in [2.45, 2.75) is 102 Å². The van der Waals surface area contributed by atoms with Crippen LogP contribution in [0.1, 0.15) is 89.8 Å². The first-order chi connectivity index (χ1) is 23.1. The monoisotopic (exact) mass is 689 g/mol. The zero-order valence-corrected chi connectivity index (χ0v) is 30.0. The largest absolute Gasteiger partial charge is 0.364 e. The molecule has 1 fully saturated rings. The number of hydrogen-bond acceptors (Lipinski definition) is 8. The number of amides is 2. The number of allylic oxidation sites excluding steroid dienone is 5. The minimum Gasteiger partial charge on any atom is -0.364 e. The van der Waals surface area contributed by atoms with Gasteiger partial charge in [0.05, 0.1) is 10.9 Å². The lowest BCUT2D eigenvalue weighted by atomic mass is 9.80. The number of carbonyl (C=O) groups is 3. The van der Waals surface area contributed by atoms with Crippen molar-refractivity contribution in [2.24, 2.45) is 0 Å². The van der Waals surface area contributed by atoms with E-state index in [2.05, 4.69) is 87.8 Å². The highest BCUT2D eigenvalue weighted by molar-refractivity contribution is 7.85. The lowest BCUT2D eigenvalue weighted by molar-refractivity contribution is -0.197. The van der Waals surface area contributed by atoms with Crippen molar-refractivity contribution in [3.63, 3.8) is 0 Å². The Balaban J connectivity index is 1.27. The van der Waals surface area contributed by atoms with Crippen molar-refractivity contribution < 1.29 is 32.2 Å². The van der Waals surface area contributed by atoms with Gasteiger partial charge in [-0.2, -0.15) is 8.42 Å². The number of imide groups is 1. The number of anilines is 2. The first-order valence-corrected chi connectivity index (χ1v) is 18.4. The average molecular weight is 690 g/mol. The molecule has 0 aromatic heterocycles. The van der Waals surface area contributed by atoms with E-state index in [9.17, 15) is 27.4 Å². The Morgan fingerprint density at radius 3 is 2.31 bits per heavy atom. The Kier molecular flexibility index (Phi) is 10.3. The molecule has 49 heavy (non-hydrogen) atoms. The van der Waals surface area contributed by atoms with Crippen molar-refractivity contribution in [1.82, 2.24) is 5.06 Å². The fourth-order valence-corrected chi connectivity index (χ4v) is 7.79. The third kappa shape index (κ3) is 7.23. The summed E-state index contributed by atoms with van der Waals surface area (Å²) in [5, 5.41) is 0.600. The number of fused-ring (bicyclic) bond motifs is 2. The van der Waals surface area contributed by atoms with Gasteiger partial charge in [-0.15, -0.1) is 5.06 Å². The molecule has 1 atom stereocenters. The summed E-state index contributed by atoms with van der Waals surface area (Å²) in [5.41, 5.74) is 6.03. The molecule has 0 saturated carbocycles. The van der Waals surface area contributed by atoms with E-state index in [0.29, 0.717) is 11.5 Å². The molecule has 3 heterocycles. The van der Waals surface area contributed by atoms with Crippen LogP contribution in [0.25, 0.3) is 0 Å². The number of benzene rings is 2. The van der Waals surface area contributed by atoms with Gasteiger partial charge in [-0.3, -0.25) is 14.1 Å². The maximum Gasteiger partial charge on any atom is 0.333 e. The summed E-state index contributed by atoms with van der Waals surface area (Å²) >= 11 is 0. The van der Waals surface area contributed by atoms with E-state index >= 15 is 0 Å². The standard InChI is InChI=1S/C38H47N3O7S/c1-7-39-30-20-18-27(49(45,46)47)25-29(30)38(5,6)32(39)14-10-8-11-15-33-37(3,4)28-24-26(2)17-19-31(28)40(33)23-13-9-12-16-36(44)48-41-34(42)21-22-35(41)43/h8,10-11,14-15,17-20,24-25,32H,7,9,12-13,16,21-23H2,1-6H3,(H,45,46,47)/b11-8+,14-10+,33-15+. The third-order valence-electron chi connectivity index (χ3n) is 9.96. The Bertz CT molecular complexity index is 1820. The van der Waals surface area contributed by atoms with E-state index in [1.807, 2.05) is 12.2 Å². The van der Waals surface area contributed by atoms with E-state index in [-0.39, 0.29) is 35.6 Å². The topological polar surface area (TPSA) is 125 Å². The molecule has 0 radical (unpaired) electrons. The molecule has 1 saturated heterocycles. The smallest absolute Gasteiger partial charge is 0.333 e. The molecule has 3 aliphatic rings. The molecule has 1 N–H and O–H groups in total. The fourth-order valence-electron chi connectivity index (χ4n) is 7.28. The van der Waals surface area contributed by atoms with Crippen molar-refractivity contribution >= 4 is 39.3 Å². The maximum atomic E-state index is 12.2. The molecule has 2 aromatic carbocycles. The second kappa shape index (κ2) is 14.0. The Morgan fingerprint density at radius 2 is 1.63 bits per heavy atom. The van der Waals surface area contributed by atoms with Gasteiger partial charge in [-0.25, -0.2) is 4.79 Å². The van der Waals surface area contributed by atoms with Crippen LogP contribution < -0.4 is 9.80 Å². The van der Waals surface area contributed by atoms with Gasteiger partial charge in [0, 0.05) is 60.3 Å². The van der Waals surface area contributed by atoms with Crippen LogP contribution in [0.5, 0.6) is 0 Å². The highest BCUT2D eigenvalue weighted by Gasteiger charge is 2.43. The highest BCUT2D eigenvalue weighted by Crippen LogP contribution is 2.49. The van der Waals surface area contributed by atoms with Gasteiger partial charge < -0.3 is 14.6 Å². The molecule has 0 aliphatic carbocycles. The second-order valence-electron chi connectivity index (χ2n) is 14.1. The van der Waals surface area contributed by atoms with Crippen molar-refractivity contribution in [1.29, 1.82) is 0 Å². The number of unbranched alkanes of at least 4 members (excludes halogenated alkanes) is 2. The van der Waals surface area contributed by atoms with Crippen molar-refractivity contribution in [2.75, 3.05) is 22.9 Å². The van der Waals surface area contributed by atoms with Gasteiger partial charge in [-0.05, 0) is 68.2 Å². The number of rotatable bonds is 12. The second-order valence-corrected chi connectivity index (χ2v) is 15.5. The molecule has 262 valence electrons. The Hall–Kier alpha value is -4.22. The lowest BCUT2D eigenvalue weighted by Gasteiger charge is -2.31. The van der Waals surface area contributed by atoms with E-state index in [1.165, 1.54) is 28.6 Å². The van der Waals surface area contributed by atoms with Gasteiger partial charge in [0.25, 0.3) is 21.9 Å². The van der Waals surface area contributed by atoms with E-state index < -0.39 is 33.3 Å². The molecule has 3 aliphatic heterocycles. The molecule has 2 amide bonds. The summed E-state index contributed by atoms with van der Waals surface area (Å²) in [4.78, 5) is 45.2. The number of hydrogen-bond donors (Lipinski definition) is 1. The van der Waals surface area contributed by atoms with Crippen molar-refractivity contribution in [3.05, 3.63) is 89.2 Å². The summed E-state index contributed by atoms with van der Waals surface area (Å²) in [6.45, 7) is 14.3. The minimum absolute atomic E-state index is 0.0123. The summed E-state index contributed by atoms with van der Waals surface area (Å²) in [6, 6.07) is 11.3. The van der Waals surface area contributed by atoms with E-state index in [4.69, 9.17) is 4.84 Å². The zero-order chi connectivity index (χ0) is 35.7. The molecule has 2 aromatic rings. The van der Waals surface area contributed by atoms with Gasteiger partial charge >= 0.3 is 5.97 Å². The molecule has 1 unspecified atom stereocenters. The fraction of sp³-hybridized carbons (Fsp3) is 0.447. The third-order valence-corrected chi connectivity index (χ3v) is 10.8. The predicted octanol–water partition coefficient (Wildman–Crippen LogP) is 6.69. The number of nitrogens with zero attached hydrogens (tertiary/aromatic N) is 3. The van der Waals surface area contributed by atoms with Crippen LogP contribution in [0.3, 0.4) is 0 Å². The molecule has 5 rings (SSSR count). The first-order valence-electron chi connectivity index (χ1n) is 17.0. The number of aryl methyl sites for hydroxylation is 1. The van der Waals surface area contributed by atoms with Crippen LogP contribution in [0.2, 0.25) is 0 Å². The maximum absolute atomic E-state index is 12.2. The normalized spacial score (nSPS) is 20.7. The number of carbonyl (C=O) groups excluding carboxylic acids is 3. The molecular weight excluding hydrogens is 642 g/mol. The van der Waals surface area contributed by atoms with Gasteiger partial charge in [0.15, 0.2) is 0 Å². The average Bonchev–Trinajstić information content (AvgIpc) is 3.54. The molecular formula is C38H47N3O7S. The van der Waals surface area contributed by atoms with Crippen LogP contribution in [-0.2, 0) is 40.2 Å². The van der Waals surface area contributed by atoms with Gasteiger partial charge in [-0.1, -0.05) is 76.1 Å². The van der Waals surface area contributed by atoms with Crippen LogP contribution in [0, 0.1) is 6.92 Å². The first kappa shape index (κ1) is 36.1. The molecule has 0 bridgehead atoms. The van der Waals surface area contributed by atoms with Crippen molar-refractivity contribution in [3.8, 4) is 0 Å². The Morgan fingerprint density at radius 1 is 0.939 bits per heavy atom. The van der Waals surface area contributed by atoms with Gasteiger partial charge in [0.1, 0.15) is 0 Å². The highest BCUT2D eigenvalue weighted by atomic mass is 32.2. The van der Waals surface area contributed by atoms with Crippen LogP contribution in [0.4, 0.5) is 11.4 Å². The predicted molar refractivity (Wildman–Crippen MR) is 190 cm³/mol.